The Bertz CT molecular complexity index is 1160. The molecule has 166 valence electrons. The summed E-state index contributed by atoms with van der Waals surface area (Å²) in [4.78, 5) is 18.1. The van der Waals surface area contributed by atoms with E-state index in [0.29, 0.717) is 37.9 Å². The molecule has 1 fully saturated rings. The SMILES string of the molecule is O=c1[nH]cnc(CC(CNCCF)c2ccc(C#Cc3cnn(C4COC4)c3)cc2)c1O. The van der Waals surface area contributed by atoms with Crippen LogP contribution in [0.1, 0.15) is 34.3 Å². The van der Waals surface area contributed by atoms with Gasteiger partial charge in [-0.2, -0.15) is 5.10 Å². The molecule has 1 aromatic carbocycles. The topological polar surface area (TPSA) is 105 Å². The minimum absolute atomic E-state index is 0.105. The van der Waals surface area contributed by atoms with Crippen molar-refractivity contribution < 1.29 is 14.2 Å². The Morgan fingerprint density at radius 3 is 2.78 bits per heavy atom. The van der Waals surface area contributed by atoms with Crippen LogP contribution < -0.4 is 10.9 Å². The second-order valence-electron chi connectivity index (χ2n) is 7.59. The fourth-order valence-corrected chi connectivity index (χ4v) is 3.42. The van der Waals surface area contributed by atoms with Gasteiger partial charge in [-0.25, -0.2) is 9.37 Å². The summed E-state index contributed by atoms with van der Waals surface area (Å²) in [7, 11) is 0. The summed E-state index contributed by atoms with van der Waals surface area (Å²) in [6.07, 6.45) is 5.27. The summed E-state index contributed by atoms with van der Waals surface area (Å²) in [5, 5.41) is 17.4. The molecule has 8 nitrogen and oxygen atoms in total. The van der Waals surface area contributed by atoms with Gasteiger partial charge in [0.15, 0.2) is 0 Å². The summed E-state index contributed by atoms with van der Waals surface area (Å²) in [5.41, 5.74) is 2.38. The van der Waals surface area contributed by atoms with E-state index in [4.69, 9.17) is 4.74 Å². The Kier molecular flexibility index (Phi) is 6.94. The molecule has 2 aromatic heterocycles. The van der Waals surface area contributed by atoms with E-state index in [1.807, 2.05) is 35.1 Å². The predicted molar refractivity (Wildman–Crippen MR) is 116 cm³/mol. The summed E-state index contributed by atoms with van der Waals surface area (Å²) in [6.45, 7) is 1.60. The van der Waals surface area contributed by atoms with Gasteiger partial charge in [0.25, 0.3) is 5.56 Å². The molecule has 1 atom stereocenters. The van der Waals surface area contributed by atoms with Crippen LogP contribution in [0.3, 0.4) is 0 Å². The smallest absolute Gasteiger partial charge is 0.293 e. The average Bonchev–Trinajstić information content (AvgIpc) is 3.22. The third-order valence-electron chi connectivity index (χ3n) is 5.34. The maximum Gasteiger partial charge on any atom is 0.293 e. The van der Waals surface area contributed by atoms with Crippen LogP contribution >= 0.6 is 0 Å². The molecule has 0 radical (unpaired) electrons. The van der Waals surface area contributed by atoms with Crippen molar-refractivity contribution in [3.05, 3.63) is 75.7 Å². The maximum absolute atomic E-state index is 12.5. The van der Waals surface area contributed by atoms with Crippen LogP contribution in [0, 0.1) is 11.8 Å². The molecule has 1 unspecified atom stereocenters. The number of nitrogens with one attached hydrogen (secondary N) is 2. The van der Waals surface area contributed by atoms with E-state index < -0.39 is 12.2 Å². The lowest BCUT2D eigenvalue weighted by Gasteiger charge is -2.25. The van der Waals surface area contributed by atoms with Gasteiger partial charge in [-0.05, 0) is 17.7 Å². The molecule has 0 amide bonds. The number of nitrogens with zero attached hydrogens (tertiary/aromatic N) is 3. The molecular formula is C23H24FN5O3. The van der Waals surface area contributed by atoms with Gasteiger partial charge in [0.1, 0.15) is 6.67 Å². The van der Waals surface area contributed by atoms with E-state index >= 15 is 0 Å². The summed E-state index contributed by atoms with van der Waals surface area (Å²) < 4.78 is 19.6. The summed E-state index contributed by atoms with van der Waals surface area (Å²) >= 11 is 0. The first-order valence-electron chi connectivity index (χ1n) is 10.4. The summed E-state index contributed by atoms with van der Waals surface area (Å²) in [6, 6.07) is 8.03. The predicted octanol–water partition coefficient (Wildman–Crippen LogP) is 1.53. The van der Waals surface area contributed by atoms with Crippen LogP contribution in [0.5, 0.6) is 5.75 Å². The molecule has 3 N–H and O–H groups in total. The molecule has 0 bridgehead atoms. The van der Waals surface area contributed by atoms with Gasteiger partial charge in [0, 0.05) is 37.2 Å². The molecule has 1 saturated heterocycles. The number of aromatic amines is 1. The molecule has 0 spiro atoms. The average molecular weight is 437 g/mol. The first-order chi connectivity index (χ1) is 15.6. The molecule has 1 aliphatic rings. The number of rotatable bonds is 8. The molecule has 3 aromatic rings. The van der Waals surface area contributed by atoms with Crippen LogP contribution in [0.4, 0.5) is 4.39 Å². The minimum atomic E-state index is -0.579. The largest absolute Gasteiger partial charge is 0.502 e. The Labute approximate surface area is 184 Å². The van der Waals surface area contributed by atoms with E-state index in [0.717, 1.165) is 16.7 Å². The number of aromatic hydroxyl groups is 1. The highest BCUT2D eigenvalue weighted by Crippen LogP contribution is 2.23. The van der Waals surface area contributed by atoms with Gasteiger partial charge in [-0.1, -0.05) is 24.0 Å². The fourth-order valence-electron chi connectivity index (χ4n) is 3.42. The number of alkyl halides is 1. The minimum Gasteiger partial charge on any atom is -0.502 e. The number of H-pyrrole nitrogens is 1. The number of hydrogen-bond acceptors (Lipinski definition) is 6. The second kappa shape index (κ2) is 10.2. The van der Waals surface area contributed by atoms with Crippen LogP contribution in [0.25, 0.3) is 0 Å². The standard InChI is InChI=1S/C23H24FN5O3/c24-7-8-25-11-19(9-21-22(30)23(31)27-15-26-21)18-5-3-16(4-6-18)1-2-17-10-28-29(12-17)20-13-32-14-20/h3-6,10,12,15,19-20,25,30H,7-9,11,13-14H2,(H,26,27,31). The maximum atomic E-state index is 12.5. The van der Waals surface area contributed by atoms with Crippen molar-refractivity contribution in [1.29, 1.82) is 0 Å². The van der Waals surface area contributed by atoms with Crippen molar-refractivity contribution in [2.24, 2.45) is 0 Å². The molecule has 0 saturated carbocycles. The Balaban J connectivity index is 1.48. The van der Waals surface area contributed by atoms with Crippen molar-refractivity contribution in [2.75, 3.05) is 33.0 Å². The summed E-state index contributed by atoms with van der Waals surface area (Å²) in [5.74, 6) is 5.76. The van der Waals surface area contributed by atoms with Crippen LogP contribution in [-0.2, 0) is 11.2 Å². The van der Waals surface area contributed by atoms with Crippen molar-refractivity contribution >= 4 is 0 Å². The molecule has 4 rings (SSSR count). The van der Waals surface area contributed by atoms with E-state index in [2.05, 4.69) is 32.2 Å². The number of benzene rings is 1. The molecule has 0 aliphatic carbocycles. The molecule has 32 heavy (non-hydrogen) atoms. The highest BCUT2D eigenvalue weighted by molar-refractivity contribution is 5.42. The first-order valence-corrected chi connectivity index (χ1v) is 10.4. The third kappa shape index (κ3) is 5.22. The van der Waals surface area contributed by atoms with Crippen molar-refractivity contribution in [2.45, 2.75) is 18.4 Å². The van der Waals surface area contributed by atoms with Gasteiger partial charge in [0.05, 0.1) is 43.0 Å². The number of halogens is 1. The molecule has 1 aliphatic heterocycles. The van der Waals surface area contributed by atoms with Crippen molar-refractivity contribution in [3.63, 3.8) is 0 Å². The zero-order valence-corrected chi connectivity index (χ0v) is 17.4. The molecule has 3 heterocycles. The second-order valence-corrected chi connectivity index (χ2v) is 7.59. The van der Waals surface area contributed by atoms with Crippen LogP contribution in [0.2, 0.25) is 0 Å². The van der Waals surface area contributed by atoms with Gasteiger partial charge >= 0.3 is 0 Å². The number of aromatic nitrogens is 4. The van der Waals surface area contributed by atoms with Crippen molar-refractivity contribution in [3.8, 4) is 17.6 Å². The van der Waals surface area contributed by atoms with E-state index in [1.165, 1.54) is 6.33 Å². The lowest BCUT2D eigenvalue weighted by atomic mass is 9.93. The Morgan fingerprint density at radius 1 is 1.28 bits per heavy atom. The fraction of sp³-hybridized carbons (Fsp3) is 0.348. The van der Waals surface area contributed by atoms with Gasteiger partial charge < -0.3 is 20.1 Å². The highest BCUT2D eigenvalue weighted by atomic mass is 19.1. The zero-order chi connectivity index (χ0) is 22.3. The van der Waals surface area contributed by atoms with Gasteiger partial charge in [0.2, 0.25) is 5.75 Å². The monoisotopic (exact) mass is 437 g/mol. The lowest BCUT2D eigenvalue weighted by Crippen LogP contribution is -2.30. The van der Waals surface area contributed by atoms with E-state index in [1.54, 1.807) is 6.20 Å². The Morgan fingerprint density at radius 2 is 2.06 bits per heavy atom. The van der Waals surface area contributed by atoms with E-state index in [-0.39, 0.29) is 18.2 Å². The van der Waals surface area contributed by atoms with Crippen LogP contribution in [-0.4, -0.2) is 57.8 Å². The van der Waals surface area contributed by atoms with Crippen LogP contribution in [0.15, 0.2) is 47.8 Å². The normalized spacial score (nSPS) is 14.4. The third-order valence-corrected chi connectivity index (χ3v) is 5.34. The molecular weight excluding hydrogens is 413 g/mol. The highest BCUT2D eigenvalue weighted by Gasteiger charge is 2.20. The lowest BCUT2D eigenvalue weighted by molar-refractivity contribution is -0.0286. The quantitative estimate of drug-likeness (QED) is 0.365. The van der Waals surface area contributed by atoms with Crippen molar-refractivity contribution in [1.82, 2.24) is 25.1 Å². The number of hydrogen-bond donors (Lipinski definition) is 3. The van der Waals surface area contributed by atoms with E-state index in [9.17, 15) is 14.3 Å². The Hall–Kier alpha value is -3.48. The number of ether oxygens (including phenoxy) is 1. The van der Waals surface area contributed by atoms with Gasteiger partial charge in [-0.3, -0.25) is 9.48 Å². The molecule has 9 heteroatoms. The van der Waals surface area contributed by atoms with Gasteiger partial charge in [-0.15, -0.1) is 0 Å². The zero-order valence-electron chi connectivity index (χ0n) is 17.4. The first kappa shape index (κ1) is 21.7.